The number of ketones is 2. The summed E-state index contributed by atoms with van der Waals surface area (Å²) in [6, 6.07) is 0. The lowest BCUT2D eigenvalue weighted by Crippen LogP contribution is -2.25. The zero-order chi connectivity index (χ0) is 10.2. The standard InChI is InChI=1S/C10H6ClNO2/c11-10(4-1-5-12-10)8-6-7(13)2-3-9(8)14/h1-6H. The van der Waals surface area contributed by atoms with Gasteiger partial charge < -0.3 is 0 Å². The number of rotatable bonds is 1. The minimum Gasteiger partial charge on any atom is -0.290 e. The van der Waals surface area contributed by atoms with Crippen molar-refractivity contribution in [1.29, 1.82) is 0 Å². The minimum atomic E-state index is -1.18. The number of aliphatic imine (C=N–C) groups is 1. The van der Waals surface area contributed by atoms with Crippen LogP contribution in [0.1, 0.15) is 0 Å². The third-order valence-corrected chi connectivity index (χ3v) is 2.42. The first-order chi connectivity index (χ1) is 6.62. The Morgan fingerprint density at radius 1 is 1.29 bits per heavy atom. The zero-order valence-corrected chi connectivity index (χ0v) is 7.86. The lowest BCUT2D eigenvalue weighted by atomic mass is 9.97. The van der Waals surface area contributed by atoms with Crippen molar-refractivity contribution in [3.63, 3.8) is 0 Å². The zero-order valence-electron chi connectivity index (χ0n) is 7.11. The largest absolute Gasteiger partial charge is 0.290 e. The fourth-order valence-electron chi connectivity index (χ4n) is 1.31. The van der Waals surface area contributed by atoms with E-state index in [1.54, 1.807) is 12.2 Å². The van der Waals surface area contributed by atoms with Crippen LogP contribution in [0.15, 0.2) is 40.9 Å². The number of carbonyl (C=O) groups excluding carboxylic acids is 2. The van der Waals surface area contributed by atoms with Gasteiger partial charge in [-0.25, -0.2) is 0 Å². The van der Waals surface area contributed by atoms with Crippen molar-refractivity contribution in [3.05, 3.63) is 36.0 Å². The van der Waals surface area contributed by atoms with Crippen molar-refractivity contribution < 1.29 is 9.59 Å². The van der Waals surface area contributed by atoms with Crippen molar-refractivity contribution >= 4 is 29.4 Å². The highest BCUT2D eigenvalue weighted by Crippen LogP contribution is 2.32. The molecule has 1 aliphatic carbocycles. The molecule has 0 aromatic heterocycles. The van der Waals surface area contributed by atoms with E-state index in [1.165, 1.54) is 24.4 Å². The highest BCUT2D eigenvalue weighted by molar-refractivity contribution is 6.34. The highest BCUT2D eigenvalue weighted by Gasteiger charge is 2.34. The molecule has 0 bridgehead atoms. The van der Waals surface area contributed by atoms with Gasteiger partial charge in [0.1, 0.15) is 0 Å². The van der Waals surface area contributed by atoms with Crippen LogP contribution in [0.25, 0.3) is 0 Å². The smallest absolute Gasteiger partial charge is 0.186 e. The van der Waals surface area contributed by atoms with E-state index in [2.05, 4.69) is 4.99 Å². The van der Waals surface area contributed by atoms with Gasteiger partial charge in [0.25, 0.3) is 0 Å². The van der Waals surface area contributed by atoms with Crippen molar-refractivity contribution in [3.8, 4) is 0 Å². The van der Waals surface area contributed by atoms with Gasteiger partial charge in [-0.1, -0.05) is 11.6 Å². The fraction of sp³-hybridized carbons (Fsp3) is 0.100. The van der Waals surface area contributed by atoms with E-state index < -0.39 is 5.00 Å². The second-order valence-electron chi connectivity index (χ2n) is 2.97. The Morgan fingerprint density at radius 2 is 2.07 bits per heavy atom. The van der Waals surface area contributed by atoms with Crippen LogP contribution in [0.3, 0.4) is 0 Å². The molecule has 0 aromatic rings. The van der Waals surface area contributed by atoms with Crippen LogP contribution < -0.4 is 0 Å². The summed E-state index contributed by atoms with van der Waals surface area (Å²) in [7, 11) is 0. The molecule has 0 aromatic carbocycles. The fourth-order valence-corrected chi connectivity index (χ4v) is 1.58. The van der Waals surface area contributed by atoms with Crippen LogP contribution in [0.2, 0.25) is 0 Å². The van der Waals surface area contributed by atoms with E-state index in [0.29, 0.717) is 0 Å². The molecule has 1 atom stereocenters. The number of hydrogen-bond donors (Lipinski definition) is 0. The summed E-state index contributed by atoms with van der Waals surface area (Å²) in [4.78, 5) is 25.2. The Hall–Kier alpha value is -1.48. The molecule has 2 rings (SSSR count). The molecule has 1 aliphatic heterocycles. The number of allylic oxidation sites excluding steroid dienone is 4. The molecule has 1 heterocycles. The number of halogens is 1. The molecule has 0 amide bonds. The van der Waals surface area contributed by atoms with Crippen molar-refractivity contribution in [2.75, 3.05) is 0 Å². The van der Waals surface area contributed by atoms with Crippen LogP contribution in [0, 0.1) is 0 Å². The molecule has 2 aliphatic rings. The molecule has 3 nitrogen and oxygen atoms in total. The topological polar surface area (TPSA) is 46.5 Å². The molecular weight excluding hydrogens is 202 g/mol. The summed E-state index contributed by atoms with van der Waals surface area (Å²) >= 11 is 6.05. The Kier molecular flexibility index (Phi) is 1.97. The maximum Gasteiger partial charge on any atom is 0.186 e. The second kappa shape index (κ2) is 3.03. The number of alkyl halides is 1. The molecule has 0 saturated heterocycles. The second-order valence-corrected chi connectivity index (χ2v) is 3.54. The van der Waals surface area contributed by atoms with Crippen LogP contribution >= 0.6 is 11.6 Å². The number of carbonyl (C=O) groups is 2. The maximum atomic E-state index is 11.4. The third-order valence-electron chi connectivity index (χ3n) is 1.99. The van der Waals surface area contributed by atoms with Gasteiger partial charge in [-0.2, -0.15) is 0 Å². The Morgan fingerprint density at radius 3 is 2.71 bits per heavy atom. The lowest BCUT2D eigenvalue weighted by Gasteiger charge is -2.18. The summed E-state index contributed by atoms with van der Waals surface area (Å²) in [5.74, 6) is -0.515. The van der Waals surface area contributed by atoms with Gasteiger partial charge in [0.15, 0.2) is 16.6 Å². The average molecular weight is 208 g/mol. The normalized spacial score (nSPS) is 29.9. The Balaban J connectivity index is 2.43. The molecule has 0 saturated carbocycles. The Labute approximate surface area is 85.5 Å². The van der Waals surface area contributed by atoms with E-state index in [-0.39, 0.29) is 17.1 Å². The van der Waals surface area contributed by atoms with E-state index in [4.69, 9.17) is 11.6 Å². The minimum absolute atomic E-state index is 0.205. The summed E-state index contributed by atoms with van der Waals surface area (Å²) in [6.45, 7) is 0. The van der Waals surface area contributed by atoms with Gasteiger partial charge in [0, 0.05) is 11.8 Å². The first-order valence-electron chi connectivity index (χ1n) is 4.02. The molecule has 4 heteroatoms. The van der Waals surface area contributed by atoms with Crippen LogP contribution in [0.4, 0.5) is 0 Å². The van der Waals surface area contributed by atoms with Crippen LogP contribution in [-0.4, -0.2) is 22.8 Å². The van der Waals surface area contributed by atoms with Crippen LogP contribution in [-0.2, 0) is 9.59 Å². The SMILES string of the molecule is O=C1C=CC(=O)C(C2(Cl)C=CC=N2)=C1. The van der Waals surface area contributed by atoms with Crippen molar-refractivity contribution in [2.45, 2.75) is 5.00 Å². The third kappa shape index (κ3) is 1.36. The van der Waals surface area contributed by atoms with Gasteiger partial charge in [-0.05, 0) is 30.4 Å². The van der Waals surface area contributed by atoms with Crippen molar-refractivity contribution in [2.24, 2.45) is 4.99 Å². The quantitative estimate of drug-likeness (QED) is 0.369. The van der Waals surface area contributed by atoms with E-state index >= 15 is 0 Å². The predicted octanol–water partition coefficient (Wildman–Crippen LogP) is 1.20. The first-order valence-corrected chi connectivity index (χ1v) is 4.40. The monoisotopic (exact) mass is 207 g/mol. The van der Waals surface area contributed by atoms with Crippen molar-refractivity contribution in [1.82, 2.24) is 0 Å². The summed E-state index contributed by atoms with van der Waals surface area (Å²) in [6.07, 6.45) is 8.37. The molecule has 0 fully saturated rings. The van der Waals surface area contributed by atoms with Gasteiger partial charge in [0.05, 0.1) is 0 Å². The van der Waals surface area contributed by atoms with E-state index in [9.17, 15) is 9.59 Å². The molecule has 0 spiro atoms. The molecule has 70 valence electrons. The van der Waals surface area contributed by atoms with Gasteiger partial charge in [-0.3, -0.25) is 14.6 Å². The lowest BCUT2D eigenvalue weighted by molar-refractivity contribution is -0.114. The highest BCUT2D eigenvalue weighted by atomic mass is 35.5. The molecule has 1 unspecified atom stereocenters. The predicted molar refractivity (Wildman–Crippen MR) is 53.5 cm³/mol. The van der Waals surface area contributed by atoms with Gasteiger partial charge >= 0.3 is 0 Å². The summed E-state index contributed by atoms with van der Waals surface area (Å²) in [5, 5.41) is 0. The maximum absolute atomic E-state index is 11.4. The van der Waals surface area contributed by atoms with E-state index in [1.807, 2.05) is 0 Å². The van der Waals surface area contributed by atoms with Gasteiger partial charge in [0.2, 0.25) is 0 Å². The number of hydrogen-bond acceptors (Lipinski definition) is 3. The van der Waals surface area contributed by atoms with Crippen LogP contribution in [0.5, 0.6) is 0 Å². The molecule has 0 radical (unpaired) electrons. The first kappa shape index (κ1) is 9.09. The summed E-state index contributed by atoms with van der Waals surface area (Å²) < 4.78 is 0. The summed E-state index contributed by atoms with van der Waals surface area (Å²) in [5.41, 5.74) is 0.205. The Bertz CT molecular complexity index is 417. The van der Waals surface area contributed by atoms with Gasteiger partial charge in [-0.15, -0.1) is 0 Å². The number of nitrogens with zero attached hydrogens (tertiary/aromatic N) is 1. The molecule has 14 heavy (non-hydrogen) atoms. The molecular formula is C10H6ClNO2. The average Bonchev–Trinajstić information content (AvgIpc) is 2.58. The van der Waals surface area contributed by atoms with E-state index in [0.717, 1.165) is 0 Å². The molecule has 0 N–H and O–H groups in total.